The zero-order valence-electron chi connectivity index (χ0n) is 12.7. The van der Waals surface area contributed by atoms with Crippen molar-refractivity contribution in [2.45, 2.75) is 32.9 Å². The van der Waals surface area contributed by atoms with Crippen LogP contribution in [0.4, 0.5) is 4.39 Å². The minimum Gasteiger partial charge on any atom is -0.489 e. The highest BCUT2D eigenvalue weighted by molar-refractivity contribution is 6.30. The standard InChI is InChI=1S/C18H21ClFNO/c1-2-3-10-21-12-15-11-16(19)6-9-18(15)22-13-14-4-7-17(20)8-5-14/h4-9,11,21H,2-3,10,12-13H2,1H3. The number of hydrogen-bond donors (Lipinski definition) is 1. The molecule has 0 amide bonds. The largest absolute Gasteiger partial charge is 0.489 e. The highest BCUT2D eigenvalue weighted by atomic mass is 35.5. The fraction of sp³-hybridized carbons (Fsp3) is 0.333. The van der Waals surface area contributed by atoms with Gasteiger partial charge >= 0.3 is 0 Å². The van der Waals surface area contributed by atoms with Crippen molar-refractivity contribution in [3.05, 3.63) is 64.4 Å². The zero-order chi connectivity index (χ0) is 15.8. The quantitative estimate of drug-likeness (QED) is 0.695. The number of unbranched alkanes of at least 4 members (excludes halogenated alkanes) is 1. The average molecular weight is 322 g/mol. The molecule has 4 heteroatoms. The van der Waals surface area contributed by atoms with E-state index in [1.54, 1.807) is 12.1 Å². The Balaban J connectivity index is 1.98. The molecule has 0 aliphatic rings. The first-order valence-corrected chi connectivity index (χ1v) is 7.93. The highest BCUT2D eigenvalue weighted by Gasteiger charge is 2.05. The predicted octanol–water partition coefficient (Wildman–Crippen LogP) is 4.95. The van der Waals surface area contributed by atoms with E-state index in [1.807, 2.05) is 18.2 Å². The molecule has 0 aliphatic carbocycles. The van der Waals surface area contributed by atoms with Crippen molar-refractivity contribution in [1.29, 1.82) is 0 Å². The molecule has 2 aromatic rings. The zero-order valence-corrected chi connectivity index (χ0v) is 13.5. The number of rotatable bonds is 8. The molecule has 22 heavy (non-hydrogen) atoms. The molecule has 2 rings (SSSR count). The van der Waals surface area contributed by atoms with Crippen LogP contribution in [0.15, 0.2) is 42.5 Å². The highest BCUT2D eigenvalue weighted by Crippen LogP contribution is 2.24. The first-order chi connectivity index (χ1) is 10.7. The van der Waals surface area contributed by atoms with E-state index in [0.717, 1.165) is 42.8 Å². The monoisotopic (exact) mass is 321 g/mol. The van der Waals surface area contributed by atoms with Crippen molar-refractivity contribution in [3.63, 3.8) is 0 Å². The van der Waals surface area contributed by atoms with Crippen LogP contribution in [-0.2, 0) is 13.2 Å². The van der Waals surface area contributed by atoms with Gasteiger partial charge < -0.3 is 10.1 Å². The average Bonchev–Trinajstić information content (AvgIpc) is 2.52. The molecule has 0 saturated heterocycles. The van der Waals surface area contributed by atoms with Gasteiger partial charge in [0.2, 0.25) is 0 Å². The minimum atomic E-state index is -0.240. The Bertz CT molecular complexity index is 586. The maximum Gasteiger partial charge on any atom is 0.124 e. The lowest BCUT2D eigenvalue weighted by molar-refractivity contribution is 0.302. The Morgan fingerprint density at radius 1 is 1.14 bits per heavy atom. The van der Waals surface area contributed by atoms with E-state index in [9.17, 15) is 4.39 Å². The lowest BCUT2D eigenvalue weighted by Crippen LogP contribution is -2.15. The van der Waals surface area contributed by atoms with E-state index in [2.05, 4.69) is 12.2 Å². The lowest BCUT2D eigenvalue weighted by atomic mass is 10.2. The maximum absolute atomic E-state index is 12.9. The molecule has 0 aromatic heterocycles. The summed E-state index contributed by atoms with van der Waals surface area (Å²) in [6, 6.07) is 11.9. The van der Waals surface area contributed by atoms with E-state index in [0.29, 0.717) is 11.6 Å². The Hall–Kier alpha value is -1.58. The van der Waals surface area contributed by atoms with Crippen LogP contribution in [0.3, 0.4) is 0 Å². The molecule has 0 saturated carbocycles. The van der Waals surface area contributed by atoms with Crippen LogP contribution < -0.4 is 10.1 Å². The Labute approximate surface area is 136 Å². The van der Waals surface area contributed by atoms with Crippen LogP contribution in [-0.4, -0.2) is 6.54 Å². The van der Waals surface area contributed by atoms with Crippen molar-refractivity contribution in [2.75, 3.05) is 6.54 Å². The molecule has 1 N–H and O–H groups in total. The first kappa shape index (κ1) is 16.8. The molecular weight excluding hydrogens is 301 g/mol. The fourth-order valence-electron chi connectivity index (χ4n) is 2.09. The predicted molar refractivity (Wildman–Crippen MR) is 88.8 cm³/mol. The van der Waals surface area contributed by atoms with Crippen molar-refractivity contribution in [1.82, 2.24) is 5.32 Å². The number of nitrogens with one attached hydrogen (secondary N) is 1. The molecule has 0 atom stereocenters. The summed E-state index contributed by atoms with van der Waals surface area (Å²) in [5, 5.41) is 4.08. The van der Waals surface area contributed by atoms with Gasteiger partial charge in [-0.1, -0.05) is 37.1 Å². The van der Waals surface area contributed by atoms with Gasteiger partial charge in [-0.05, 0) is 48.9 Å². The number of ether oxygens (including phenoxy) is 1. The third kappa shape index (κ3) is 5.32. The van der Waals surface area contributed by atoms with E-state index >= 15 is 0 Å². The normalized spacial score (nSPS) is 10.7. The SMILES string of the molecule is CCCCNCc1cc(Cl)ccc1OCc1ccc(F)cc1. The van der Waals surface area contributed by atoms with Gasteiger partial charge in [-0.25, -0.2) is 4.39 Å². The third-order valence-corrected chi connectivity index (χ3v) is 3.59. The van der Waals surface area contributed by atoms with E-state index in [4.69, 9.17) is 16.3 Å². The molecule has 0 fully saturated rings. The molecule has 118 valence electrons. The summed E-state index contributed by atoms with van der Waals surface area (Å²) < 4.78 is 18.8. The molecule has 2 nitrogen and oxygen atoms in total. The second-order valence-electron chi connectivity index (χ2n) is 5.20. The molecular formula is C18H21ClFNO. The summed E-state index contributed by atoms with van der Waals surface area (Å²) in [4.78, 5) is 0. The van der Waals surface area contributed by atoms with Crippen molar-refractivity contribution < 1.29 is 9.13 Å². The second-order valence-corrected chi connectivity index (χ2v) is 5.63. The van der Waals surface area contributed by atoms with Gasteiger partial charge in [0.1, 0.15) is 18.2 Å². The van der Waals surface area contributed by atoms with Crippen LogP contribution >= 0.6 is 11.6 Å². The van der Waals surface area contributed by atoms with Crippen LogP contribution in [0.5, 0.6) is 5.75 Å². The van der Waals surface area contributed by atoms with Gasteiger partial charge in [0.05, 0.1) is 0 Å². The second kappa shape index (κ2) is 8.76. The topological polar surface area (TPSA) is 21.3 Å². The van der Waals surface area contributed by atoms with Gasteiger partial charge in [0, 0.05) is 17.1 Å². The van der Waals surface area contributed by atoms with E-state index < -0.39 is 0 Å². The van der Waals surface area contributed by atoms with Gasteiger partial charge in [-0.2, -0.15) is 0 Å². The minimum absolute atomic E-state index is 0.240. The van der Waals surface area contributed by atoms with Crippen molar-refractivity contribution >= 4 is 11.6 Å². The summed E-state index contributed by atoms with van der Waals surface area (Å²) in [7, 11) is 0. The van der Waals surface area contributed by atoms with Gasteiger partial charge in [-0.15, -0.1) is 0 Å². The number of hydrogen-bond acceptors (Lipinski definition) is 2. The van der Waals surface area contributed by atoms with E-state index in [-0.39, 0.29) is 5.82 Å². The third-order valence-electron chi connectivity index (χ3n) is 3.35. The fourth-order valence-corrected chi connectivity index (χ4v) is 2.29. The molecule has 0 heterocycles. The summed E-state index contributed by atoms with van der Waals surface area (Å²) >= 11 is 6.07. The lowest BCUT2D eigenvalue weighted by Gasteiger charge is -2.13. The molecule has 0 bridgehead atoms. The molecule has 2 aromatic carbocycles. The Morgan fingerprint density at radius 3 is 2.64 bits per heavy atom. The van der Waals surface area contributed by atoms with Crippen LogP contribution in [0, 0.1) is 5.82 Å². The Kier molecular flexibility index (Phi) is 6.69. The smallest absolute Gasteiger partial charge is 0.124 e. The molecule has 0 unspecified atom stereocenters. The molecule has 0 spiro atoms. The van der Waals surface area contributed by atoms with Crippen LogP contribution in [0.2, 0.25) is 5.02 Å². The maximum atomic E-state index is 12.9. The van der Waals surface area contributed by atoms with Gasteiger partial charge in [-0.3, -0.25) is 0 Å². The molecule has 0 aliphatic heterocycles. The number of benzene rings is 2. The Morgan fingerprint density at radius 2 is 1.91 bits per heavy atom. The number of halogens is 2. The van der Waals surface area contributed by atoms with Crippen LogP contribution in [0.1, 0.15) is 30.9 Å². The summed E-state index contributed by atoms with van der Waals surface area (Å²) in [6.07, 6.45) is 2.31. The summed E-state index contributed by atoms with van der Waals surface area (Å²) in [5.74, 6) is 0.564. The van der Waals surface area contributed by atoms with Crippen LogP contribution in [0.25, 0.3) is 0 Å². The summed E-state index contributed by atoms with van der Waals surface area (Å²) in [6.45, 7) is 4.27. The van der Waals surface area contributed by atoms with Gasteiger partial charge in [0.15, 0.2) is 0 Å². The summed E-state index contributed by atoms with van der Waals surface area (Å²) in [5.41, 5.74) is 1.96. The first-order valence-electron chi connectivity index (χ1n) is 7.55. The van der Waals surface area contributed by atoms with Gasteiger partial charge in [0.25, 0.3) is 0 Å². The van der Waals surface area contributed by atoms with Crippen molar-refractivity contribution in [3.8, 4) is 5.75 Å². The van der Waals surface area contributed by atoms with Crippen molar-refractivity contribution in [2.24, 2.45) is 0 Å². The van der Waals surface area contributed by atoms with E-state index in [1.165, 1.54) is 12.1 Å². The molecule has 0 radical (unpaired) electrons.